The summed E-state index contributed by atoms with van der Waals surface area (Å²) in [6.07, 6.45) is 0. The lowest BCUT2D eigenvalue weighted by molar-refractivity contribution is 0.0696. The first-order valence-electron chi connectivity index (χ1n) is 5.57. The molecule has 0 aromatic heterocycles. The Morgan fingerprint density at radius 3 is 2.60 bits per heavy atom. The Balaban J connectivity index is 2.18. The third kappa shape index (κ3) is 3.49. The first-order chi connectivity index (χ1) is 9.47. The molecule has 0 aliphatic rings. The minimum Gasteiger partial charge on any atom is -0.478 e. The minimum atomic E-state index is -1.12. The van der Waals surface area contributed by atoms with Crippen molar-refractivity contribution < 1.29 is 18.7 Å². The standard InChI is InChI=1S/C14H9ClF2O2S/c15-11-6-10(16)3-1-9(11)7-20-13-5-8(14(18)19)2-4-12(13)17/h1-6H,7H2,(H,18,19). The molecule has 0 radical (unpaired) electrons. The van der Waals surface area contributed by atoms with Crippen LogP contribution in [0.5, 0.6) is 0 Å². The normalized spacial score (nSPS) is 10.6. The Kier molecular flexibility index (Phi) is 4.62. The van der Waals surface area contributed by atoms with Crippen LogP contribution >= 0.6 is 23.4 Å². The molecule has 20 heavy (non-hydrogen) atoms. The number of rotatable bonds is 4. The van der Waals surface area contributed by atoms with Crippen molar-refractivity contribution in [2.24, 2.45) is 0 Å². The van der Waals surface area contributed by atoms with Gasteiger partial charge in [0.15, 0.2) is 0 Å². The second-order valence-electron chi connectivity index (χ2n) is 3.97. The van der Waals surface area contributed by atoms with Gasteiger partial charge in [0.2, 0.25) is 0 Å². The number of halogens is 3. The summed E-state index contributed by atoms with van der Waals surface area (Å²) < 4.78 is 26.5. The lowest BCUT2D eigenvalue weighted by atomic mass is 10.2. The summed E-state index contributed by atoms with van der Waals surface area (Å²) in [4.78, 5) is 11.0. The summed E-state index contributed by atoms with van der Waals surface area (Å²) in [5.74, 6) is -1.74. The first kappa shape index (κ1) is 14.8. The van der Waals surface area contributed by atoms with Crippen LogP contribution in [-0.2, 0) is 5.75 Å². The Labute approximate surface area is 123 Å². The highest BCUT2D eigenvalue weighted by molar-refractivity contribution is 7.98. The van der Waals surface area contributed by atoms with Crippen molar-refractivity contribution in [2.45, 2.75) is 10.6 Å². The summed E-state index contributed by atoms with van der Waals surface area (Å²) in [6.45, 7) is 0. The number of aromatic carboxylic acids is 1. The molecule has 2 nitrogen and oxygen atoms in total. The smallest absolute Gasteiger partial charge is 0.335 e. The molecule has 0 saturated carbocycles. The summed E-state index contributed by atoms with van der Waals surface area (Å²) in [5, 5.41) is 9.12. The second kappa shape index (κ2) is 6.24. The summed E-state index contributed by atoms with van der Waals surface area (Å²) in [6, 6.07) is 7.54. The van der Waals surface area contributed by atoms with Gasteiger partial charge in [0.05, 0.1) is 5.56 Å². The predicted molar refractivity (Wildman–Crippen MR) is 74.3 cm³/mol. The van der Waals surface area contributed by atoms with Gasteiger partial charge in [-0.2, -0.15) is 0 Å². The van der Waals surface area contributed by atoms with Crippen molar-refractivity contribution in [3.05, 3.63) is 64.2 Å². The zero-order valence-electron chi connectivity index (χ0n) is 10.1. The number of carboxylic acids is 1. The third-order valence-corrected chi connectivity index (χ3v) is 4.01. The number of hydrogen-bond acceptors (Lipinski definition) is 2. The van der Waals surface area contributed by atoms with Gasteiger partial charge in [0.25, 0.3) is 0 Å². The molecule has 0 saturated heterocycles. The highest BCUT2D eigenvalue weighted by atomic mass is 35.5. The number of carboxylic acid groups (broad SMARTS) is 1. The molecular weight excluding hydrogens is 306 g/mol. The van der Waals surface area contributed by atoms with Crippen LogP contribution in [-0.4, -0.2) is 11.1 Å². The number of hydrogen-bond donors (Lipinski definition) is 1. The molecule has 0 heterocycles. The van der Waals surface area contributed by atoms with E-state index in [4.69, 9.17) is 16.7 Å². The van der Waals surface area contributed by atoms with Gasteiger partial charge in [-0.1, -0.05) is 17.7 Å². The molecule has 0 unspecified atom stereocenters. The Hall–Kier alpha value is -1.59. The van der Waals surface area contributed by atoms with Gasteiger partial charge in [-0.25, -0.2) is 13.6 Å². The molecule has 0 atom stereocenters. The van der Waals surface area contributed by atoms with Gasteiger partial charge < -0.3 is 5.11 Å². The van der Waals surface area contributed by atoms with Crippen LogP contribution in [0.15, 0.2) is 41.3 Å². The van der Waals surface area contributed by atoms with E-state index in [1.54, 1.807) is 0 Å². The second-order valence-corrected chi connectivity index (χ2v) is 5.40. The van der Waals surface area contributed by atoms with Gasteiger partial charge in [-0.3, -0.25) is 0 Å². The minimum absolute atomic E-state index is 0.0131. The number of carbonyl (C=O) groups is 1. The molecule has 2 aromatic rings. The average Bonchev–Trinajstić information content (AvgIpc) is 2.39. The highest BCUT2D eigenvalue weighted by Gasteiger charge is 2.10. The first-order valence-corrected chi connectivity index (χ1v) is 6.93. The maximum absolute atomic E-state index is 13.6. The summed E-state index contributed by atoms with van der Waals surface area (Å²) in [5.41, 5.74) is 0.664. The lowest BCUT2D eigenvalue weighted by Crippen LogP contribution is -1.97. The van der Waals surface area contributed by atoms with E-state index in [0.29, 0.717) is 11.3 Å². The number of benzene rings is 2. The van der Waals surface area contributed by atoms with E-state index in [1.165, 1.54) is 30.3 Å². The van der Waals surface area contributed by atoms with Crippen LogP contribution in [0.4, 0.5) is 8.78 Å². The molecule has 6 heteroatoms. The van der Waals surface area contributed by atoms with E-state index < -0.39 is 17.6 Å². The van der Waals surface area contributed by atoms with Crippen LogP contribution in [0.25, 0.3) is 0 Å². The molecule has 0 aliphatic heterocycles. The van der Waals surface area contributed by atoms with Crippen LogP contribution in [0, 0.1) is 11.6 Å². The van der Waals surface area contributed by atoms with Crippen LogP contribution in [0.2, 0.25) is 5.02 Å². The van der Waals surface area contributed by atoms with E-state index in [9.17, 15) is 13.6 Å². The Morgan fingerprint density at radius 2 is 1.95 bits per heavy atom. The fourth-order valence-electron chi connectivity index (χ4n) is 1.54. The summed E-state index contributed by atoms with van der Waals surface area (Å²) >= 11 is 6.98. The summed E-state index contributed by atoms with van der Waals surface area (Å²) in [7, 11) is 0. The third-order valence-electron chi connectivity index (χ3n) is 2.58. The fourth-order valence-corrected chi connectivity index (χ4v) is 2.83. The molecule has 0 bridgehead atoms. The molecule has 0 amide bonds. The van der Waals surface area contributed by atoms with Crippen molar-refractivity contribution in [3.63, 3.8) is 0 Å². The molecule has 2 aromatic carbocycles. The van der Waals surface area contributed by atoms with Crippen LogP contribution in [0.3, 0.4) is 0 Å². The maximum atomic E-state index is 13.6. The molecule has 104 valence electrons. The molecule has 0 fully saturated rings. The lowest BCUT2D eigenvalue weighted by Gasteiger charge is -2.06. The van der Waals surface area contributed by atoms with Crippen molar-refractivity contribution in [3.8, 4) is 0 Å². The van der Waals surface area contributed by atoms with E-state index >= 15 is 0 Å². The van der Waals surface area contributed by atoms with Crippen molar-refractivity contribution in [1.29, 1.82) is 0 Å². The quantitative estimate of drug-likeness (QED) is 0.837. The highest BCUT2D eigenvalue weighted by Crippen LogP contribution is 2.29. The number of thioether (sulfide) groups is 1. The Bertz CT molecular complexity index is 662. The van der Waals surface area contributed by atoms with E-state index in [1.807, 2.05) is 0 Å². The van der Waals surface area contributed by atoms with Crippen LogP contribution < -0.4 is 0 Å². The van der Waals surface area contributed by atoms with Crippen molar-refractivity contribution in [2.75, 3.05) is 0 Å². The van der Waals surface area contributed by atoms with E-state index in [0.717, 1.165) is 17.8 Å². The molecule has 2 rings (SSSR count). The zero-order valence-corrected chi connectivity index (χ0v) is 11.6. The molecule has 0 aliphatic carbocycles. The van der Waals surface area contributed by atoms with Gasteiger partial charge in [0.1, 0.15) is 11.6 Å². The Morgan fingerprint density at radius 1 is 1.20 bits per heavy atom. The largest absolute Gasteiger partial charge is 0.478 e. The van der Waals surface area contributed by atoms with Crippen molar-refractivity contribution in [1.82, 2.24) is 0 Å². The van der Waals surface area contributed by atoms with Gasteiger partial charge in [-0.15, -0.1) is 11.8 Å². The van der Waals surface area contributed by atoms with Gasteiger partial charge in [0, 0.05) is 15.7 Å². The van der Waals surface area contributed by atoms with Crippen LogP contribution in [0.1, 0.15) is 15.9 Å². The van der Waals surface area contributed by atoms with E-state index in [-0.39, 0.29) is 15.5 Å². The van der Waals surface area contributed by atoms with Gasteiger partial charge in [-0.05, 0) is 35.9 Å². The predicted octanol–water partition coefficient (Wildman–Crippen LogP) is 4.61. The zero-order chi connectivity index (χ0) is 14.7. The molecular formula is C14H9ClF2O2S. The monoisotopic (exact) mass is 314 g/mol. The topological polar surface area (TPSA) is 37.3 Å². The SMILES string of the molecule is O=C(O)c1ccc(F)c(SCc2ccc(F)cc2Cl)c1. The molecule has 1 N–H and O–H groups in total. The van der Waals surface area contributed by atoms with Crippen molar-refractivity contribution >= 4 is 29.3 Å². The fraction of sp³-hybridized carbons (Fsp3) is 0.0714. The van der Waals surface area contributed by atoms with E-state index in [2.05, 4.69) is 0 Å². The average molecular weight is 315 g/mol. The van der Waals surface area contributed by atoms with Gasteiger partial charge >= 0.3 is 5.97 Å². The molecule has 0 spiro atoms. The maximum Gasteiger partial charge on any atom is 0.335 e.